The molecule has 0 aliphatic rings. The molecule has 1 amide bonds. The van der Waals surface area contributed by atoms with Crippen LogP contribution in [0.25, 0.3) is 6.08 Å². The van der Waals surface area contributed by atoms with Gasteiger partial charge >= 0.3 is 5.97 Å². The maximum Gasteiger partial charge on any atom is 0.326 e. The number of phenols is 1. The highest BCUT2D eigenvalue weighted by molar-refractivity contribution is 5.94. The van der Waals surface area contributed by atoms with Gasteiger partial charge in [-0.3, -0.25) is 4.79 Å². The van der Waals surface area contributed by atoms with Crippen molar-refractivity contribution in [3.63, 3.8) is 0 Å². The van der Waals surface area contributed by atoms with Gasteiger partial charge in [-0.2, -0.15) is 0 Å². The van der Waals surface area contributed by atoms with Gasteiger partial charge < -0.3 is 20.3 Å². The fraction of sp³-hybridized carbons (Fsp3) is 0.158. The second kappa shape index (κ2) is 8.54. The van der Waals surface area contributed by atoms with Crippen LogP contribution in [0.1, 0.15) is 11.1 Å². The number of rotatable bonds is 7. The maximum absolute atomic E-state index is 12.0. The fourth-order valence-electron chi connectivity index (χ4n) is 2.17. The third kappa shape index (κ3) is 5.69. The Labute approximate surface area is 145 Å². The van der Waals surface area contributed by atoms with E-state index in [1.165, 1.54) is 18.2 Å². The molecule has 0 aromatic heterocycles. The summed E-state index contributed by atoms with van der Waals surface area (Å²) in [6.07, 6.45) is 2.97. The highest BCUT2D eigenvalue weighted by Gasteiger charge is 2.19. The third-order valence-electron chi connectivity index (χ3n) is 3.53. The molecule has 2 rings (SSSR count). The minimum Gasteiger partial charge on any atom is -0.508 e. The standard InChI is InChI=1S/C19H19NO5/c1-25-16-9-4-14(5-10-16)12-17(19(23)24)20-18(22)11-6-13-2-7-15(21)8-3-13/h2-11,17,21H,12H2,1H3,(H,20,22)(H,23,24)/b11-6+/t17-/m0/s1. The Balaban J connectivity index is 1.98. The number of phenolic OH excluding ortho intramolecular Hbond substituents is 1. The molecule has 25 heavy (non-hydrogen) atoms. The van der Waals surface area contributed by atoms with Crippen molar-refractivity contribution in [2.24, 2.45) is 0 Å². The average molecular weight is 341 g/mol. The Kier molecular flexibility index (Phi) is 6.17. The summed E-state index contributed by atoms with van der Waals surface area (Å²) in [7, 11) is 1.55. The number of aromatic hydroxyl groups is 1. The number of nitrogens with one attached hydrogen (secondary N) is 1. The average Bonchev–Trinajstić information content (AvgIpc) is 2.61. The predicted octanol–water partition coefficient (Wildman–Crippen LogP) is 2.23. The molecule has 3 N–H and O–H groups in total. The van der Waals surface area contributed by atoms with E-state index in [1.807, 2.05) is 0 Å². The molecule has 0 heterocycles. The van der Waals surface area contributed by atoms with Crippen LogP contribution in [0.15, 0.2) is 54.6 Å². The number of hydrogen-bond acceptors (Lipinski definition) is 4. The molecule has 0 unspecified atom stereocenters. The van der Waals surface area contributed by atoms with Gasteiger partial charge in [-0.05, 0) is 41.5 Å². The third-order valence-corrected chi connectivity index (χ3v) is 3.53. The molecule has 6 nitrogen and oxygen atoms in total. The van der Waals surface area contributed by atoms with Crippen molar-refractivity contribution in [3.05, 3.63) is 65.7 Å². The number of amides is 1. The first kappa shape index (κ1) is 18.1. The number of ether oxygens (including phenoxy) is 1. The molecular formula is C19H19NO5. The molecule has 130 valence electrons. The number of methoxy groups -OCH3 is 1. The summed E-state index contributed by atoms with van der Waals surface area (Å²) >= 11 is 0. The van der Waals surface area contributed by atoms with Crippen LogP contribution in [-0.4, -0.2) is 35.2 Å². The van der Waals surface area contributed by atoms with Gasteiger partial charge in [-0.1, -0.05) is 24.3 Å². The van der Waals surface area contributed by atoms with Crippen LogP contribution in [0.4, 0.5) is 0 Å². The molecule has 0 radical (unpaired) electrons. The van der Waals surface area contributed by atoms with Crippen LogP contribution in [0.2, 0.25) is 0 Å². The van der Waals surface area contributed by atoms with Crippen LogP contribution in [0, 0.1) is 0 Å². The van der Waals surface area contributed by atoms with E-state index < -0.39 is 17.9 Å². The second-order valence-electron chi connectivity index (χ2n) is 5.38. The summed E-state index contributed by atoms with van der Waals surface area (Å²) < 4.78 is 5.06. The molecule has 0 bridgehead atoms. The number of hydrogen-bond donors (Lipinski definition) is 3. The van der Waals surface area contributed by atoms with Crippen molar-refractivity contribution in [2.75, 3.05) is 7.11 Å². The van der Waals surface area contributed by atoms with Crippen molar-refractivity contribution in [3.8, 4) is 11.5 Å². The summed E-state index contributed by atoms with van der Waals surface area (Å²) in [6.45, 7) is 0. The molecule has 0 aliphatic heterocycles. The Bertz CT molecular complexity index is 750. The van der Waals surface area contributed by atoms with Gasteiger partial charge in [0.1, 0.15) is 17.5 Å². The van der Waals surface area contributed by atoms with Gasteiger partial charge in [0.05, 0.1) is 7.11 Å². The second-order valence-corrected chi connectivity index (χ2v) is 5.38. The van der Waals surface area contributed by atoms with Crippen molar-refractivity contribution >= 4 is 18.0 Å². The molecule has 2 aromatic rings. The lowest BCUT2D eigenvalue weighted by molar-refractivity contribution is -0.141. The van der Waals surface area contributed by atoms with E-state index in [4.69, 9.17) is 4.74 Å². The first-order valence-electron chi connectivity index (χ1n) is 7.61. The normalized spacial score (nSPS) is 11.9. The molecule has 1 atom stereocenters. The van der Waals surface area contributed by atoms with E-state index in [2.05, 4.69) is 5.32 Å². The molecule has 0 fully saturated rings. The number of aliphatic carboxylic acids is 1. The summed E-state index contributed by atoms with van der Waals surface area (Å²) in [5, 5.41) is 21.0. The molecule has 6 heteroatoms. The number of carbonyl (C=O) groups excluding carboxylic acids is 1. The van der Waals surface area contributed by atoms with Gasteiger partial charge in [0.2, 0.25) is 5.91 Å². The van der Waals surface area contributed by atoms with Crippen LogP contribution in [0.3, 0.4) is 0 Å². The van der Waals surface area contributed by atoms with Crippen molar-refractivity contribution in [1.29, 1.82) is 0 Å². The largest absolute Gasteiger partial charge is 0.508 e. The Morgan fingerprint density at radius 1 is 1.12 bits per heavy atom. The van der Waals surface area contributed by atoms with E-state index in [9.17, 15) is 19.8 Å². The zero-order chi connectivity index (χ0) is 18.2. The smallest absolute Gasteiger partial charge is 0.326 e. The molecule has 0 saturated heterocycles. The monoisotopic (exact) mass is 341 g/mol. The van der Waals surface area contributed by atoms with Crippen LogP contribution in [0.5, 0.6) is 11.5 Å². The first-order chi connectivity index (χ1) is 12.0. The van der Waals surface area contributed by atoms with Crippen molar-refractivity contribution < 1.29 is 24.5 Å². The summed E-state index contributed by atoms with van der Waals surface area (Å²) in [4.78, 5) is 23.3. The van der Waals surface area contributed by atoms with Crippen molar-refractivity contribution in [1.82, 2.24) is 5.32 Å². The molecule has 0 saturated carbocycles. The van der Waals surface area contributed by atoms with Gasteiger partial charge in [0.15, 0.2) is 0 Å². The number of benzene rings is 2. The topological polar surface area (TPSA) is 95.9 Å². The van der Waals surface area contributed by atoms with E-state index >= 15 is 0 Å². The molecular weight excluding hydrogens is 322 g/mol. The number of carboxylic acids is 1. The lowest BCUT2D eigenvalue weighted by Crippen LogP contribution is -2.41. The zero-order valence-corrected chi connectivity index (χ0v) is 13.7. The lowest BCUT2D eigenvalue weighted by Gasteiger charge is -2.13. The van der Waals surface area contributed by atoms with Crippen LogP contribution >= 0.6 is 0 Å². The maximum atomic E-state index is 12.0. The number of carboxylic acid groups (broad SMARTS) is 1. The quantitative estimate of drug-likeness (QED) is 0.671. The zero-order valence-electron chi connectivity index (χ0n) is 13.7. The van der Waals surface area contributed by atoms with Gasteiger partial charge in [-0.15, -0.1) is 0 Å². The summed E-state index contributed by atoms with van der Waals surface area (Å²) in [6, 6.07) is 12.2. The van der Waals surface area contributed by atoms with E-state index in [-0.39, 0.29) is 12.2 Å². The SMILES string of the molecule is COc1ccc(C[C@H](NC(=O)/C=C/c2ccc(O)cc2)C(=O)O)cc1. The predicted molar refractivity (Wildman–Crippen MR) is 93.4 cm³/mol. The molecule has 0 aliphatic carbocycles. The van der Waals surface area contributed by atoms with Gasteiger partial charge in [0.25, 0.3) is 0 Å². The Morgan fingerprint density at radius 3 is 2.32 bits per heavy atom. The van der Waals surface area contributed by atoms with Crippen LogP contribution in [-0.2, 0) is 16.0 Å². The molecule has 2 aromatic carbocycles. The van der Waals surface area contributed by atoms with Gasteiger partial charge in [0, 0.05) is 12.5 Å². The van der Waals surface area contributed by atoms with E-state index in [1.54, 1.807) is 49.6 Å². The minimum absolute atomic E-state index is 0.132. The number of carbonyl (C=O) groups is 2. The molecule has 0 spiro atoms. The van der Waals surface area contributed by atoms with Crippen LogP contribution < -0.4 is 10.1 Å². The Morgan fingerprint density at radius 2 is 1.76 bits per heavy atom. The van der Waals surface area contributed by atoms with E-state index in [0.29, 0.717) is 5.75 Å². The fourth-order valence-corrected chi connectivity index (χ4v) is 2.17. The summed E-state index contributed by atoms with van der Waals surface area (Å²) in [5.74, 6) is -0.806. The Hall–Kier alpha value is -3.28. The summed E-state index contributed by atoms with van der Waals surface area (Å²) in [5.41, 5.74) is 1.49. The lowest BCUT2D eigenvalue weighted by atomic mass is 10.1. The first-order valence-corrected chi connectivity index (χ1v) is 7.61. The minimum atomic E-state index is -1.11. The highest BCUT2D eigenvalue weighted by atomic mass is 16.5. The van der Waals surface area contributed by atoms with E-state index in [0.717, 1.165) is 11.1 Å². The highest BCUT2D eigenvalue weighted by Crippen LogP contribution is 2.13. The van der Waals surface area contributed by atoms with Gasteiger partial charge in [-0.25, -0.2) is 4.79 Å². The van der Waals surface area contributed by atoms with Crippen molar-refractivity contribution in [2.45, 2.75) is 12.5 Å².